The molecule has 0 aromatic carbocycles. The average molecular weight is 598 g/mol. The Morgan fingerprint density at radius 2 is 1.05 bits per heavy atom. The number of hydrazine groups is 1. The molecule has 10 N–H and O–H groups in total. The number of hydrogen-bond donors (Lipinski definition) is 10. The van der Waals surface area contributed by atoms with Crippen LogP contribution in [0.15, 0.2) is 0 Å². The summed E-state index contributed by atoms with van der Waals surface area (Å²) in [6, 6.07) is 0. The number of amides is 3. The lowest BCUT2D eigenvalue weighted by Crippen LogP contribution is -2.57. The summed E-state index contributed by atoms with van der Waals surface area (Å²) in [5, 5.41) is 64.2. The molecule has 2 rings (SSSR count). The van der Waals surface area contributed by atoms with Crippen LogP contribution in [0.2, 0.25) is 0 Å². The lowest BCUT2D eigenvalue weighted by molar-refractivity contribution is -0.292. The summed E-state index contributed by atoms with van der Waals surface area (Å²) in [7, 11) is 1.47. The van der Waals surface area contributed by atoms with Gasteiger partial charge in [0.05, 0.1) is 45.1 Å². The molecule has 18 heteroatoms. The predicted molar refractivity (Wildman–Crippen MR) is 136 cm³/mol. The minimum absolute atomic E-state index is 0.0159. The molecule has 0 radical (unpaired) electrons. The van der Waals surface area contributed by atoms with Gasteiger partial charge in [0.25, 0.3) is 0 Å². The Kier molecular flexibility index (Phi) is 14.7. The van der Waals surface area contributed by atoms with E-state index < -0.39 is 79.1 Å². The minimum Gasteiger partial charge on any atom is -0.388 e. The first-order valence-electron chi connectivity index (χ1n) is 13.2. The Morgan fingerprint density at radius 1 is 0.659 bits per heavy atom. The molecule has 2 fully saturated rings. The Bertz CT molecular complexity index is 786. The summed E-state index contributed by atoms with van der Waals surface area (Å²) in [5.41, 5.74) is 4.80. The maximum absolute atomic E-state index is 12.4. The normalized spacial score (nSPS) is 33.8. The van der Waals surface area contributed by atoms with E-state index in [0.29, 0.717) is 0 Å². The van der Waals surface area contributed by atoms with Gasteiger partial charge in [-0.25, -0.2) is 5.43 Å². The number of nitrogens with zero attached hydrogens (tertiary/aromatic N) is 1. The molecule has 2 heterocycles. The van der Waals surface area contributed by atoms with Crippen LogP contribution in [0, 0.1) is 0 Å². The lowest BCUT2D eigenvalue weighted by Gasteiger charge is -2.38. The molecule has 0 saturated carbocycles. The fourth-order valence-electron chi connectivity index (χ4n) is 4.10. The van der Waals surface area contributed by atoms with Gasteiger partial charge in [-0.05, 0) is 13.8 Å². The van der Waals surface area contributed by atoms with Crippen molar-refractivity contribution in [1.29, 1.82) is 0 Å². The second kappa shape index (κ2) is 17.1. The highest BCUT2D eigenvalue weighted by molar-refractivity contribution is 5.83. The lowest BCUT2D eigenvalue weighted by atomic mass is 10.0. The van der Waals surface area contributed by atoms with Crippen LogP contribution in [0.4, 0.5) is 0 Å². The third kappa shape index (κ3) is 10.9. The van der Waals surface area contributed by atoms with Crippen molar-refractivity contribution in [3.63, 3.8) is 0 Å². The molecule has 41 heavy (non-hydrogen) atoms. The molecule has 238 valence electrons. The smallest absolute Gasteiger partial charge is 0.248 e. The van der Waals surface area contributed by atoms with E-state index in [9.17, 15) is 45.0 Å². The third-order valence-electron chi connectivity index (χ3n) is 6.40. The van der Waals surface area contributed by atoms with E-state index in [1.807, 2.05) is 0 Å². The van der Waals surface area contributed by atoms with Crippen molar-refractivity contribution in [2.75, 3.05) is 53.0 Å². The number of ether oxygens (including phenoxy) is 4. The van der Waals surface area contributed by atoms with Gasteiger partial charge in [-0.2, -0.15) is 0 Å². The molecular weight excluding hydrogens is 554 g/mol. The van der Waals surface area contributed by atoms with Gasteiger partial charge in [0.15, 0.2) is 12.6 Å². The molecule has 0 aliphatic carbocycles. The molecule has 0 aromatic rings. The van der Waals surface area contributed by atoms with Gasteiger partial charge in [0, 0.05) is 20.1 Å². The Balaban J connectivity index is 1.75. The van der Waals surface area contributed by atoms with Gasteiger partial charge in [-0.15, -0.1) is 0 Å². The van der Waals surface area contributed by atoms with Crippen molar-refractivity contribution < 1.29 is 64.0 Å². The summed E-state index contributed by atoms with van der Waals surface area (Å²) in [4.78, 5) is 38.2. The number of carbonyl (C=O) groups excluding carboxylic acids is 3. The number of aliphatic hydroxyl groups is 6. The quantitative estimate of drug-likeness (QED) is 0.0621. The van der Waals surface area contributed by atoms with Crippen molar-refractivity contribution in [2.24, 2.45) is 0 Å². The summed E-state index contributed by atoms with van der Waals surface area (Å²) in [6.45, 7) is 1.83. The summed E-state index contributed by atoms with van der Waals surface area (Å²) < 4.78 is 21.3. The van der Waals surface area contributed by atoms with Gasteiger partial charge in [0.1, 0.15) is 36.6 Å². The second-order valence-corrected chi connectivity index (χ2v) is 9.75. The average Bonchev–Trinajstić information content (AvgIpc) is 2.92. The van der Waals surface area contributed by atoms with E-state index in [1.165, 1.54) is 25.8 Å². The SMILES string of the molecule is CNNC(=O)CN(CC(=O)NCCO[C@@H]1O[C@@H](C)[C@@H](O)[C@@H](O)[C@@H]1O)CC(=O)NCCO[C@@H]1O[C@@H](C)[C@@H](O)[C@@H](O)[C@@H]1O. The minimum atomic E-state index is -1.48. The van der Waals surface area contributed by atoms with Crippen LogP contribution in [-0.4, -0.2) is 168 Å². The standard InChI is InChI=1S/C23H43N5O13/c1-11-16(32)18(34)20(36)22(40-11)38-6-4-25-13(29)8-28(10-15(31)27-24-3)9-14(30)26-5-7-39-23-21(37)19(35)17(33)12(2)41-23/h11-12,16-24,32-37H,4-10H2,1-3H3,(H,25,29)(H,26,30)(H,27,31)/t11-,12-,16+,17+,18+,19+,20-,21-,22+,23+/m0/s1. The van der Waals surface area contributed by atoms with Gasteiger partial charge in [-0.1, -0.05) is 0 Å². The highest BCUT2D eigenvalue weighted by Gasteiger charge is 2.43. The maximum Gasteiger partial charge on any atom is 0.248 e. The predicted octanol–water partition coefficient (Wildman–Crippen LogP) is -6.54. The Labute approximate surface area is 236 Å². The van der Waals surface area contributed by atoms with Crippen molar-refractivity contribution in [3.8, 4) is 0 Å². The van der Waals surface area contributed by atoms with Crippen molar-refractivity contribution >= 4 is 17.7 Å². The number of rotatable bonds is 15. The van der Waals surface area contributed by atoms with Crippen molar-refractivity contribution in [2.45, 2.75) is 75.3 Å². The van der Waals surface area contributed by atoms with Crippen LogP contribution >= 0.6 is 0 Å². The second-order valence-electron chi connectivity index (χ2n) is 9.75. The van der Waals surface area contributed by atoms with Gasteiger partial charge in [-0.3, -0.25) is 24.7 Å². The first kappa shape index (κ1) is 35.1. The van der Waals surface area contributed by atoms with E-state index in [2.05, 4.69) is 21.5 Å². The van der Waals surface area contributed by atoms with Crippen LogP contribution in [0.5, 0.6) is 0 Å². The summed E-state index contributed by atoms with van der Waals surface area (Å²) >= 11 is 0. The zero-order chi connectivity index (χ0) is 30.7. The molecule has 0 spiro atoms. The largest absolute Gasteiger partial charge is 0.388 e. The molecule has 18 nitrogen and oxygen atoms in total. The number of carbonyl (C=O) groups is 3. The zero-order valence-corrected chi connectivity index (χ0v) is 23.2. The van der Waals surface area contributed by atoms with Gasteiger partial charge < -0.3 is 60.2 Å². The van der Waals surface area contributed by atoms with Crippen LogP contribution in [0.25, 0.3) is 0 Å². The molecule has 2 aliphatic heterocycles. The highest BCUT2D eigenvalue weighted by atomic mass is 16.7. The summed E-state index contributed by atoms with van der Waals surface area (Å²) in [5.74, 6) is -1.57. The third-order valence-corrected chi connectivity index (χ3v) is 6.40. The zero-order valence-electron chi connectivity index (χ0n) is 23.2. The molecule has 2 saturated heterocycles. The molecular formula is C23H43N5O13. The number of hydrogen-bond acceptors (Lipinski definition) is 15. The molecule has 0 unspecified atom stereocenters. The maximum atomic E-state index is 12.4. The fourth-order valence-corrected chi connectivity index (χ4v) is 4.10. The Morgan fingerprint density at radius 3 is 1.44 bits per heavy atom. The highest BCUT2D eigenvalue weighted by Crippen LogP contribution is 2.22. The van der Waals surface area contributed by atoms with E-state index in [0.717, 1.165) is 0 Å². The van der Waals surface area contributed by atoms with E-state index >= 15 is 0 Å². The van der Waals surface area contributed by atoms with Crippen LogP contribution in [0.3, 0.4) is 0 Å². The van der Waals surface area contributed by atoms with E-state index in [4.69, 9.17) is 18.9 Å². The fraction of sp³-hybridized carbons (Fsp3) is 0.870. The first-order valence-corrected chi connectivity index (χ1v) is 13.2. The van der Waals surface area contributed by atoms with Crippen molar-refractivity contribution in [3.05, 3.63) is 0 Å². The van der Waals surface area contributed by atoms with E-state index in [-0.39, 0.29) is 45.9 Å². The van der Waals surface area contributed by atoms with Gasteiger partial charge >= 0.3 is 0 Å². The summed E-state index contributed by atoms with van der Waals surface area (Å²) in [6.07, 6.45) is -12.4. The molecule has 10 atom stereocenters. The molecule has 0 aromatic heterocycles. The molecule has 2 aliphatic rings. The van der Waals surface area contributed by atoms with Crippen LogP contribution < -0.4 is 21.5 Å². The number of nitrogens with one attached hydrogen (secondary N) is 4. The topological polar surface area (TPSA) is 261 Å². The van der Waals surface area contributed by atoms with E-state index in [1.54, 1.807) is 0 Å². The molecule has 0 bridgehead atoms. The van der Waals surface area contributed by atoms with Crippen LogP contribution in [0.1, 0.15) is 13.8 Å². The first-order chi connectivity index (χ1) is 19.3. The van der Waals surface area contributed by atoms with Gasteiger partial charge in [0.2, 0.25) is 17.7 Å². The number of aliphatic hydroxyl groups excluding tert-OH is 6. The Hall–Kier alpha value is -2.07. The van der Waals surface area contributed by atoms with Crippen molar-refractivity contribution in [1.82, 2.24) is 26.4 Å². The molecule has 3 amide bonds. The van der Waals surface area contributed by atoms with Crippen LogP contribution in [-0.2, 0) is 33.3 Å². The monoisotopic (exact) mass is 597 g/mol.